The van der Waals surface area contributed by atoms with Gasteiger partial charge in [-0.2, -0.15) is 0 Å². The van der Waals surface area contributed by atoms with Gasteiger partial charge < -0.3 is 24.4 Å². The Labute approximate surface area is 200 Å². The summed E-state index contributed by atoms with van der Waals surface area (Å²) in [6, 6.07) is 9.74. The molecule has 2 heterocycles. The lowest BCUT2D eigenvalue weighted by atomic mass is 10.2. The van der Waals surface area contributed by atoms with Crippen LogP contribution >= 0.6 is 11.8 Å². The largest absolute Gasteiger partial charge is 0.459 e. The van der Waals surface area contributed by atoms with Crippen molar-refractivity contribution in [3.8, 4) is 0 Å². The smallest absolute Gasteiger partial charge is 0.338 e. The van der Waals surface area contributed by atoms with Crippen LogP contribution in [0.15, 0.2) is 64.9 Å². The predicted molar refractivity (Wildman–Crippen MR) is 126 cm³/mol. The number of nitrogens with one attached hydrogen (secondary N) is 2. The number of thioether (sulfide) groups is 1. The van der Waals surface area contributed by atoms with Crippen molar-refractivity contribution in [1.29, 1.82) is 0 Å². The highest BCUT2D eigenvalue weighted by atomic mass is 32.2. The third-order valence-electron chi connectivity index (χ3n) is 4.31. The molecule has 1 aromatic carbocycles. The van der Waals surface area contributed by atoms with Gasteiger partial charge >= 0.3 is 5.97 Å². The Morgan fingerprint density at radius 3 is 2.76 bits per heavy atom. The van der Waals surface area contributed by atoms with Gasteiger partial charge in [0.1, 0.15) is 0 Å². The zero-order valence-electron chi connectivity index (χ0n) is 18.8. The van der Waals surface area contributed by atoms with Gasteiger partial charge in [-0.3, -0.25) is 9.59 Å². The van der Waals surface area contributed by atoms with Gasteiger partial charge in [0.05, 0.1) is 30.2 Å². The number of furan rings is 1. The number of rotatable bonds is 11. The lowest BCUT2D eigenvalue weighted by molar-refractivity contribution is -0.113. The summed E-state index contributed by atoms with van der Waals surface area (Å²) in [4.78, 5) is 36.6. The molecule has 0 spiro atoms. The molecule has 2 amide bonds. The summed E-state index contributed by atoms with van der Waals surface area (Å²) in [5.74, 6) is -0.327. The second-order valence-electron chi connectivity index (χ2n) is 7.33. The number of carbonyl (C=O) groups is 3. The minimum atomic E-state index is -0.454. The van der Waals surface area contributed by atoms with E-state index in [2.05, 4.69) is 27.4 Å². The summed E-state index contributed by atoms with van der Waals surface area (Å²) in [6.45, 7) is 7.81. The van der Waals surface area contributed by atoms with E-state index in [0.717, 1.165) is 0 Å². The minimum absolute atomic E-state index is 0.0642. The predicted octanol–water partition coefficient (Wildman–Crippen LogP) is 3.28. The average molecular weight is 484 g/mol. The Morgan fingerprint density at radius 2 is 2.06 bits per heavy atom. The molecule has 0 unspecified atom stereocenters. The van der Waals surface area contributed by atoms with Crippen molar-refractivity contribution in [3.63, 3.8) is 0 Å². The number of esters is 1. The summed E-state index contributed by atoms with van der Waals surface area (Å²) in [6.07, 6.45) is 2.86. The minimum Gasteiger partial charge on any atom is -0.459 e. The van der Waals surface area contributed by atoms with Crippen LogP contribution in [0.5, 0.6) is 0 Å². The van der Waals surface area contributed by atoms with Gasteiger partial charge in [-0.15, -0.1) is 16.8 Å². The van der Waals surface area contributed by atoms with Gasteiger partial charge in [0.15, 0.2) is 16.7 Å². The highest BCUT2D eigenvalue weighted by Gasteiger charge is 2.16. The second kappa shape index (κ2) is 11.8. The summed E-state index contributed by atoms with van der Waals surface area (Å²) < 4.78 is 12.0. The molecule has 0 aliphatic heterocycles. The molecule has 0 atom stereocenters. The normalized spacial score (nSPS) is 10.7. The SMILES string of the molecule is C=CCn1c(CNC(=O)c2ccco2)nnc1SCC(=O)Nc1cccc(C(=O)OC(C)C)c1. The van der Waals surface area contributed by atoms with Crippen LogP contribution < -0.4 is 10.6 Å². The van der Waals surface area contributed by atoms with Crippen molar-refractivity contribution in [2.75, 3.05) is 11.1 Å². The standard InChI is InChI=1S/C23H25N5O5S/c1-4-10-28-19(13-24-21(30)18-9-6-11-32-18)26-27-23(28)34-14-20(29)25-17-8-5-7-16(12-17)22(31)33-15(2)3/h4-9,11-12,15H,1,10,13-14H2,2-3H3,(H,24,30)(H,25,29). The van der Waals surface area contributed by atoms with E-state index in [9.17, 15) is 14.4 Å². The number of nitrogens with zero attached hydrogens (tertiary/aromatic N) is 3. The molecule has 0 bridgehead atoms. The number of amides is 2. The molecule has 34 heavy (non-hydrogen) atoms. The van der Waals surface area contributed by atoms with Crippen LogP contribution in [0.3, 0.4) is 0 Å². The third kappa shape index (κ3) is 6.82. The second-order valence-corrected chi connectivity index (χ2v) is 8.27. The molecule has 0 saturated carbocycles. The van der Waals surface area contributed by atoms with Crippen molar-refractivity contribution in [1.82, 2.24) is 20.1 Å². The first-order valence-corrected chi connectivity index (χ1v) is 11.4. The maximum atomic E-state index is 12.5. The highest BCUT2D eigenvalue weighted by Crippen LogP contribution is 2.19. The van der Waals surface area contributed by atoms with Crippen molar-refractivity contribution < 1.29 is 23.5 Å². The molecular formula is C23H25N5O5S. The van der Waals surface area contributed by atoms with Crippen LogP contribution in [-0.2, 0) is 22.6 Å². The molecule has 0 radical (unpaired) electrons. The molecule has 0 fully saturated rings. The maximum absolute atomic E-state index is 12.5. The van der Waals surface area contributed by atoms with Crippen molar-refractivity contribution >= 4 is 35.2 Å². The number of allylic oxidation sites excluding steroid dienone is 1. The number of aromatic nitrogens is 3. The average Bonchev–Trinajstić information content (AvgIpc) is 3.47. The number of hydrogen-bond acceptors (Lipinski definition) is 8. The van der Waals surface area contributed by atoms with E-state index in [1.54, 1.807) is 60.9 Å². The number of benzene rings is 1. The third-order valence-corrected chi connectivity index (χ3v) is 5.28. The molecule has 0 aliphatic carbocycles. The van der Waals surface area contributed by atoms with Crippen LogP contribution in [0.25, 0.3) is 0 Å². The molecule has 11 heteroatoms. The zero-order valence-corrected chi connectivity index (χ0v) is 19.6. The quantitative estimate of drug-likeness (QED) is 0.242. The molecule has 0 saturated heterocycles. The van der Waals surface area contributed by atoms with Crippen LogP contribution in [0.1, 0.15) is 40.6 Å². The summed E-state index contributed by atoms with van der Waals surface area (Å²) in [5.41, 5.74) is 0.837. The van der Waals surface area contributed by atoms with Gasteiger partial charge in [-0.25, -0.2) is 4.79 Å². The van der Waals surface area contributed by atoms with Crippen LogP contribution in [0, 0.1) is 0 Å². The van der Waals surface area contributed by atoms with Crippen molar-refractivity contribution in [2.45, 2.75) is 38.2 Å². The lowest BCUT2D eigenvalue weighted by Crippen LogP contribution is -2.24. The fourth-order valence-corrected chi connectivity index (χ4v) is 3.62. The van der Waals surface area contributed by atoms with Crippen LogP contribution in [0.2, 0.25) is 0 Å². The monoisotopic (exact) mass is 483 g/mol. The molecule has 10 nitrogen and oxygen atoms in total. The Bertz CT molecular complexity index is 1160. The highest BCUT2D eigenvalue weighted by molar-refractivity contribution is 7.99. The van der Waals surface area contributed by atoms with Crippen molar-refractivity contribution in [2.24, 2.45) is 0 Å². The number of carbonyl (C=O) groups excluding carboxylic acids is 3. The molecule has 2 N–H and O–H groups in total. The van der Waals surface area contributed by atoms with Crippen molar-refractivity contribution in [3.05, 3.63) is 72.5 Å². The molecule has 178 valence electrons. The molecular weight excluding hydrogens is 458 g/mol. The Kier molecular flexibility index (Phi) is 8.63. The molecule has 0 aliphatic rings. The first-order valence-electron chi connectivity index (χ1n) is 10.5. The lowest BCUT2D eigenvalue weighted by Gasteiger charge is -2.10. The van der Waals surface area contributed by atoms with Gasteiger partial charge in [0.25, 0.3) is 5.91 Å². The summed E-state index contributed by atoms with van der Waals surface area (Å²) >= 11 is 1.19. The van der Waals surface area contributed by atoms with E-state index in [4.69, 9.17) is 9.15 Å². The summed E-state index contributed by atoms with van der Waals surface area (Å²) in [5, 5.41) is 14.2. The summed E-state index contributed by atoms with van der Waals surface area (Å²) in [7, 11) is 0. The van der Waals surface area contributed by atoms with E-state index in [-0.39, 0.29) is 36.0 Å². The van der Waals surface area contributed by atoms with Crippen LogP contribution in [-0.4, -0.2) is 44.4 Å². The van der Waals surface area contributed by atoms with Crippen LogP contribution in [0.4, 0.5) is 5.69 Å². The van der Waals surface area contributed by atoms with E-state index in [0.29, 0.717) is 28.8 Å². The first kappa shape index (κ1) is 24.8. The van der Waals surface area contributed by atoms with E-state index < -0.39 is 5.97 Å². The van der Waals surface area contributed by atoms with Gasteiger partial charge in [0, 0.05) is 12.2 Å². The number of hydrogen-bond donors (Lipinski definition) is 2. The van der Waals surface area contributed by atoms with E-state index in [1.807, 2.05) is 0 Å². The van der Waals surface area contributed by atoms with E-state index >= 15 is 0 Å². The molecule has 3 rings (SSSR count). The number of anilines is 1. The fourth-order valence-electron chi connectivity index (χ4n) is 2.86. The number of ether oxygens (including phenoxy) is 1. The molecule has 3 aromatic rings. The zero-order chi connectivity index (χ0) is 24.5. The van der Waals surface area contributed by atoms with E-state index in [1.165, 1.54) is 18.0 Å². The fraction of sp³-hybridized carbons (Fsp3) is 0.261. The Morgan fingerprint density at radius 1 is 1.24 bits per heavy atom. The van der Waals surface area contributed by atoms with Gasteiger partial charge in [0.2, 0.25) is 5.91 Å². The maximum Gasteiger partial charge on any atom is 0.338 e. The molecule has 2 aromatic heterocycles. The first-order chi connectivity index (χ1) is 16.4. The van der Waals surface area contributed by atoms with Gasteiger partial charge in [-0.1, -0.05) is 23.9 Å². The Balaban J connectivity index is 1.58. The van der Waals surface area contributed by atoms with Gasteiger partial charge in [-0.05, 0) is 44.2 Å². The topological polar surface area (TPSA) is 128 Å². The Hall–Kier alpha value is -3.86.